The van der Waals surface area contributed by atoms with Crippen LogP contribution >= 0.6 is 0 Å². The Balaban J connectivity index is 1.78. The summed E-state index contributed by atoms with van der Waals surface area (Å²) in [7, 11) is 0. The number of anilines is 1. The molecule has 3 heteroatoms. The van der Waals surface area contributed by atoms with Gasteiger partial charge in [-0.2, -0.15) is 0 Å². The van der Waals surface area contributed by atoms with Gasteiger partial charge in [0.25, 0.3) is 0 Å². The fraction of sp³-hybridized carbons (Fsp3) is 0.143. The normalized spacial score (nSPS) is 12.5. The van der Waals surface area contributed by atoms with Crippen LogP contribution in [0.15, 0.2) is 81.6 Å². The number of para-hydroxylation sites is 3. The van der Waals surface area contributed by atoms with Crippen LogP contribution in [0.3, 0.4) is 0 Å². The molecule has 0 fully saturated rings. The van der Waals surface area contributed by atoms with Gasteiger partial charge in [0.1, 0.15) is 22.3 Å². The third-order valence-corrected chi connectivity index (χ3v) is 6.19. The first-order chi connectivity index (χ1) is 14.9. The predicted molar refractivity (Wildman–Crippen MR) is 130 cm³/mol. The second kappa shape index (κ2) is 6.14. The average Bonchev–Trinajstić information content (AvgIpc) is 3.32. The highest BCUT2D eigenvalue weighted by Gasteiger charge is 2.26. The maximum absolute atomic E-state index is 6.86. The van der Waals surface area contributed by atoms with Gasteiger partial charge in [-0.05, 0) is 23.6 Å². The van der Waals surface area contributed by atoms with Crippen molar-refractivity contribution in [1.82, 2.24) is 0 Å². The number of hydrogen-bond donors (Lipinski definition) is 1. The van der Waals surface area contributed by atoms with Crippen molar-refractivity contribution < 1.29 is 8.83 Å². The van der Waals surface area contributed by atoms with Crippen molar-refractivity contribution >= 4 is 49.6 Å². The zero-order chi connectivity index (χ0) is 21.3. The van der Waals surface area contributed by atoms with Crippen LogP contribution < -0.4 is 5.73 Å². The number of nitrogen functional groups attached to an aromatic ring is 1. The first kappa shape index (κ1) is 18.1. The molecule has 0 radical (unpaired) electrons. The van der Waals surface area contributed by atoms with Crippen molar-refractivity contribution in [2.45, 2.75) is 26.2 Å². The molecule has 31 heavy (non-hydrogen) atoms. The molecule has 3 nitrogen and oxygen atoms in total. The second-order valence-electron chi connectivity index (χ2n) is 9.22. The van der Waals surface area contributed by atoms with Gasteiger partial charge in [-0.3, -0.25) is 0 Å². The molecule has 2 heterocycles. The highest BCUT2D eigenvalue weighted by molar-refractivity contribution is 6.17. The van der Waals surface area contributed by atoms with E-state index in [4.69, 9.17) is 14.6 Å². The number of rotatable bonds is 1. The molecule has 0 aliphatic rings. The molecule has 0 saturated heterocycles. The summed E-state index contributed by atoms with van der Waals surface area (Å²) in [5, 5.41) is 4.23. The molecule has 0 amide bonds. The maximum Gasteiger partial charge on any atom is 0.143 e. The Hall–Kier alpha value is -3.72. The summed E-state index contributed by atoms with van der Waals surface area (Å²) in [4.78, 5) is 0. The molecular formula is C28H23NO2. The van der Waals surface area contributed by atoms with Gasteiger partial charge in [-0.1, -0.05) is 75.4 Å². The van der Waals surface area contributed by atoms with E-state index in [1.54, 1.807) is 0 Å². The van der Waals surface area contributed by atoms with Crippen molar-refractivity contribution in [3.8, 4) is 11.1 Å². The number of furan rings is 2. The third-order valence-electron chi connectivity index (χ3n) is 6.19. The molecule has 0 aliphatic carbocycles. The minimum absolute atomic E-state index is 0.115. The fourth-order valence-corrected chi connectivity index (χ4v) is 4.66. The molecule has 6 rings (SSSR count). The summed E-state index contributed by atoms with van der Waals surface area (Å²) in [5.74, 6) is 0. The van der Waals surface area contributed by atoms with Crippen LogP contribution in [0.4, 0.5) is 5.69 Å². The van der Waals surface area contributed by atoms with Crippen molar-refractivity contribution in [3.63, 3.8) is 0 Å². The second-order valence-corrected chi connectivity index (χ2v) is 9.22. The van der Waals surface area contributed by atoms with Gasteiger partial charge in [0.15, 0.2) is 0 Å². The Morgan fingerprint density at radius 1 is 0.645 bits per heavy atom. The monoisotopic (exact) mass is 405 g/mol. The minimum Gasteiger partial charge on any atom is -0.456 e. The number of fused-ring (bicyclic) bond motifs is 6. The highest BCUT2D eigenvalue weighted by atomic mass is 16.3. The van der Waals surface area contributed by atoms with E-state index < -0.39 is 0 Å². The molecule has 0 spiro atoms. The van der Waals surface area contributed by atoms with Crippen molar-refractivity contribution in [2.75, 3.05) is 5.73 Å². The first-order valence-corrected chi connectivity index (χ1v) is 10.6. The SMILES string of the molecule is CC(C)(C)c1cc(-c2cccc3c2oc2ccccc23)c(N)c2c1oc1ccccc12. The van der Waals surface area contributed by atoms with E-state index in [9.17, 15) is 0 Å². The van der Waals surface area contributed by atoms with E-state index in [1.165, 1.54) is 0 Å². The van der Waals surface area contributed by atoms with Gasteiger partial charge < -0.3 is 14.6 Å². The van der Waals surface area contributed by atoms with Gasteiger partial charge in [-0.25, -0.2) is 0 Å². The first-order valence-electron chi connectivity index (χ1n) is 10.6. The van der Waals surface area contributed by atoms with Crippen LogP contribution in [0.1, 0.15) is 26.3 Å². The highest BCUT2D eigenvalue weighted by Crippen LogP contribution is 2.46. The molecule has 0 bridgehead atoms. The average molecular weight is 405 g/mol. The summed E-state index contributed by atoms with van der Waals surface area (Å²) in [6.07, 6.45) is 0. The van der Waals surface area contributed by atoms with Crippen molar-refractivity contribution in [3.05, 3.63) is 78.4 Å². The molecule has 152 valence electrons. The van der Waals surface area contributed by atoms with E-state index >= 15 is 0 Å². The van der Waals surface area contributed by atoms with Crippen LogP contribution in [-0.4, -0.2) is 0 Å². The summed E-state index contributed by atoms with van der Waals surface area (Å²) in [6, 6.07) is 24.7. The molecule has 2 aromatic heterocycles. The van der Waals surface area contributed by atoms with E-state index in [2.05, 4.69) is 57.2 Å². The Morgan fingerprint density at radius 3 is 2.00 bits per heavy atom. The molecule has 0 atom stereocenters. The van der Waals surface area contributed by atoms with E-state index in [1.807, 2.05) is 36.4 Å². The molecule has 0 aliphatic heterocycles. The standard InChI is InChI=1S/C28H23NO2/c1-28(2,3)21-15-20(25(29)24-19-10-5-7-14-23(19)31-27(21)24)18-12-8-11-17-16-9-4-6-13-22(16)30-26(17)18/h4-15H,29H2,1-3H3. The lowest BCUT2D eigenvalue weighted by Crippen LogP contribution is -2.12. The number of hydrogen-bond acceptors (Lipinski definition) is 3. The smallest absolute Gasteiger partial charge is 0.143 e. The lowest BCUT2D eigenvalue weighted by molar-refractivity contribution is 0.573. The molecule has 6 aromatic rings. The zero-order valence-electron chi connectivity index (χ0n) is 17.8. The molecule has 4 aromatic carbocycles. The van der Waals surface area contributed by atoms with Gasteiger partial charge in [0.05, 0.1) is 11.1 Å². The van der Waals surface area contributed by atoms with E-state index in [0.717, 1.165) is 66.3 Å². The molecule has 2 N–H and O–H groups in total. The van der Waals surface area contributed by atoms with Gasteiger partial charge in [-0.15, -0.1) is 0 Å². The predicted octanol–water partition coefficient (Wildman–Crippen LogP) is 8.03. The van der Waals surface area contributed by atoms with Gasteiger partial charge in [0, 0.05) is 32.8 Å². The Morgan fingerprint density at radius 2 is 1.26 bits per heavy atom. The van der Waals surface area contributed by atoms with Crippen LogP contribution in [-0.2, 0) is 5.41 Å². The summed E-state index contributed by atoms with van der Waals surface area (Å²) in [6.45, 7) is 6.62. The summed E-state index contributed by atoms with van der Waals surface area (Å²) < 4.78 is 12.6. The minimum atomic E-state index is -0.115. The third kappa shape index (κ3) is 2.53. The zero-order valence-corrected chi connectivity index (χ0v) is 17.8. The lowest BCUT2D eigenvalue weighted by atomic mass is 9.83. The quantitative estimate of drug-likeness (QED) is 0.282. The lowest BCUT2D eigenvalue weighted by Gasteiger charge is -2.21. The topological polar surface area (TPSA) is 52.3 Å². The largest absolute Gasteiger partial charge is 0.456 e. The van der Waals surface area contributed by atoms with Crippen molar-refractivity contribution in [2.24, 2.45) is 0 Å². The summed E-state index contributed by atoms with van der Waals surface area (Å²) >= 11 is 0. The Bertz CT molecular complexity index is 1630. The van der Waals surface area contributed by atoms with E-state index in [-0.39, 0.29) is 5.41 Å². The number of benzene rings is 4. The fourth-order valence-electron chi connectivity index (χ4n) is 4.66. The van der Waals surface area contributed by atoms with E-state index in [0.29, 0.717) is 0 Å². The maximum atomic E-state index is 6.86. The summed E-state index contributed by atoms with van der Waals surface area (Å²) in [5.41, 5.74) is 14.1. The van der Waals surface area contributed by atoms with Crippen LogP contribution in [0.2, 0.25) is 0 Å². The van der Waals surface area contributed by atoms with Gasteiger partial charge >= 0.3 is 0 Å². The van der Waals surface area contributed by atoms with Crippen LogP contribution in [0.25, 0.3) is 55.0 Å². The molecule has 0 saturated carbocycles. The van der Waals surface area contributed by atoms with Crippen molar-refractivity contribution in [1.29, 1.82) is 0 Å². The van der Waals surface area contributed by atoms with Gasteiger partial charge in [0.2, 0.25) is 0 Å². The van der Waals surface area contributed by atoms with Crippen LogP contribution in [0.5, 0.6) is 0 Å². The Kier molecular flexibility index (Phi) is 3.58. The van der Waals surface area contributed by atoms with Crippen LogP contribution in [0, 0.1) is 0 Å². The Labute approximate surface area is 180 Å². The number of nitrogens with two attached hydrogens (primary N) is 1. The molecular weight excluding hydrogens is 382 g/mol. The molecule has 0 unspecified atom stereocenters.